The van der Waals surface area contributed by atoms with Crippen LogP contribution in [0.25, 0.3) is 0 Å². The van der Waals surface area contributed by atoms with E-state index < -0.39 is 0 Å². The molecule has 1 rings (SSSR count). The fourth-order valence-corrected chi connectivity index (χ4v) is 1.79. The van der Waals surface area contributed by atoms with E-state index in [-0.39, 0.29) is 12.5 Å². The van der Waals surface area contributed by atoms with Crippen molar-refractivity contribution in [1.29, 1.82) is 0 Å². The lowest BCUT2D eigenvalue weighted by molar-refractivity contribution is -0.116. The lowest BCUT2D eigenvalue weighted by Gasteiger charge is -2.18. The van der Waals surface area contributed by atoms with Crippen LogP contribution >= 0.6 is 11.6 Å². The molecule has 0 heterocycles. The molecule has 0 aliphatic carbocycles. The van der Waals surface area contributed by atoms with Gasteiger partial charge in [0.1, 0.15) is 0 Å². The van der Waals surface area contributed by atoms with E-state index in [4.69, 9.17) is 16.7 Å². The molecule has 0 saturated carbocycles. The molecule has 0 aromatic heterocycles. The van der Waals surface area contributed by atoms with Gasteiger partial charge in [-0.25, -0.2) is 0 Å². The summed E-state index contributed by atoms with van der Waals surface area (Å²) in [6, 6.07) is 7.15. The Labute approximate surface area is 113 Å². The Morgan fingerprint density at radius 1 is 1.39 bits per heavy atom. The minimum atomic E-state index is -0.0699. The monoisotopic (exact) mass is 270 g/mol. The number of hydrogen-bond acceptors (Lipinski definition) is 3. The number of likely N-dealkylation sites (N-methyl/N-ethyl adjacent to an activating group) is 1. The second-order valence-electron chi connectivity index (χ2n) is 3.94. The molecule has 0 bridgehead atoms. The Morgan fingerprint density at radius 2 is 2.11 bits per heavy atom. The van der Waals surface area contributed by atoms with E-state index in [0.717, 1.165) is 6.54 Å². The second kappa shape index (κ2) is 8.08. The molecule has 18 heavy (non-hydrogen) atoms. The quantitative estimate of drug-likeness (QED) is 0.797. The van der Waals surface area contributed by atoms with E-state index in [0.29, 0.717) is 30.2 Å². The number of rotatable bonds is 7. The number of carbonyl (C=O) groups is 1. The first-order valence-electron chi connectivity index (χ1n) is 6.05. The highest BCUT2D eigenvalue weighted by Gasteiger charge is 2.08. The van der Waals surface area contributed by atoms with Crippen molar-refractivity contribution in [1.82, 2.24) is 4.90 Å². The molecule has 1 amide bonds. The number of nitrogens with zero attached hydrogens (tertiary/aromatic N) is 1. The van der Waals surface area contributed by atoms with Crippen LogP contribution in [0.5, 0.6) is 0 Å². The van der Waals surface area contributed by atoms with Gasteiger partial charge in [-0.15, -0.1) is 0 Å². The predicted molar refractivity (Wildman–Crippen MR) is 73.9 cm³/mol. The van der Waals surface area contributed by atoms with Crippen LogP contribution in [0.2, 0.25) is 5.02 Å². The van der Waals surface area contributed by atoms with Gasteiger partial charge in [0.2, 0.25) is 5.91 Å². The molecule has 0 atom stereocenters. The molecule has 100 valence electrons. The van der Waals surface area contributed by atoms with Crippen LogP contribution in [0.1, 0.15) is 13.3 Å². The van der Waals surface area contributed by atoms with Crippen LogP contribution < -0.4 is 5.32 Å². The standard InChI is InChI=1S/C13H19ClN2O2/c1-2-16(9-10-17)8-7-13(18)15-12-6-4-3-5-11(12)14/h3-6,17H,2,7-10H2,1H3,(H,15,18). The molecule has 0 aliphatic rings. The summed E-state index contributed by atoms with van der Waals surface area (Å²) in [7, 11) is 0. The molecule has 0 spiro atoms. The molecule has 2 N–H and O–H groups in total. The zero-order chi connectivity index (χ0) is 13.4. The third-order valence-electron chi connectivity index (χ3n) is 2.67. The Balaban J connectivity index is 2.40. The maximum atomic E-state index is 11.7. The van der Waals surface area contributed by atoms with Crippen LogP contribution in [0, 0.1) is 0 Å². The van der Waals surface area contributed by atoms with E-state index >= 15 is 0 Å². The van der Waals surface area contributed by atoms with Crippen LogP contribution in [0.15, 0.2) is 24.3 Å². The Kier molecular flexibility index (Phi) is 6.72. The summed E-state index contributed by atoms with van der Waals surface area (Å²) in [5.41, 5.74) is 0.634. The summed E-state index contributed by atoms with van der Waals surface area (Å²) in [6.45, 7) is 4.16. The van der Waals surface area contributed by atoms with Gasteiger partial charge < -0.3 is 15.3 Å². The molecule has 4 nitrogen and oxygen atoms in total. The number of aliphatic hydroxyl groups excluding tert-OH is 1. The largest absolute Gasteiger partial charge is 0.395 e. The third kappa shape index (κ3) is 5.04. The normalized spacial score (nSPS) is 10.7. The first-order valence-corrected chi connectivity index (χ1v) is 6.42. The summed E-state index contributed by atoms with van der Waals surface area (Å²) in [5.74, 6) is -0.0699. The summed E-state index contributed by atoms with van der Waals surface area (Å²) < 4.78 is 0. The van der Waals surface area contributed by atoms with Gasteiger partial charge in [-0.3, -0.25) is 4.79 Å². The molecule has 0 saturated heterocycles. The van der Waals surface area contributed by atoms with Crippen molar-refractivity contribution in [3.05, 3.63) is 29.3 Å². The van der Waals surface area contributed by atoms with Gasteiger partial charge in [-0.1, -0.05) is 30.7 Å². The van der Waals surface area contributed by atoms with Gasteiger partial charge in [0.25, 0.3) is 0 Å². The molecule has 0 fully saturated rings. The Morgan fingerprint density at radius 3 is 2.72 bits per heavy atom. The fraction of sp³-hybridized carbons (Fsp3) is 0.462. The van der Waals surface area contributed by atoms with Gasteiger partial charge in [0, 0.05) is 19.5 Å². The molecule has 5 heteroatoms. The fourth-order valence-electron chi connectivity index (χ4n) is 1.60. The molecule has 0 unspecified atom stereocenters. The summed E-state index contributed by atoms with van der Waals surface area (Å²) >= 11 is 5.95. The van der Waals surface area contributed by atoms with Crippen molar-refractivity contribution < 1.29 is 9.90 Å². The highest BCUT2D eigenvalue weighted by molar-refractivity contribution is 6.33. The van der Waals surface area contributed by atoms with Crippen LogP contribution in [0.4, 0.5) is 5.69 Å². The second-order valence-corrected chi connectivity index (χ2v) is 4.34. The van der Waals surface area contributed by atoms with E-state index in [1.807, 2.05) is 24.0 Å². The predicted octanol–water partition coefficient (Wildman–Crippen LogP) is 1.98. The number of carbonyl (C=O) groups excluding carboxylic acids is 1. The lowest BCUT2D eigenvalue weighted by atomic mass is 10.3. The van der Waals surface area contributed by atoms with Crippen LogP contribution in [0.3, 0.4) is 0 Å². The number of benzene rings is 1. The zero-order valence-electron chi connectivity index (χ0n) is 10.5. The number of para-hydroxylation sites is 1. The number of nitrogens with one attached hydrogen (secondary N) is 1. The van der Waals surface area contributed by atoms with Crippen molar-refractivity contribution in [2.45, 2.75) is 13.3 Å². The molecular formula is C13H19ClN2O2. The molecule has 0 aliphatic heterocycles. The van der Waals surface area contributed by atoms with Gasteiger partial charge in [0.05, 0.1) is 17.3 Å². The van der Waals surface area contributed by atoms with E-state index in [2.05, 4.69) is 5.32 Å². The third-order valence-corrected chi connectivity index (χ3v) is 3.00. The van der Waals surface area contributed by atoms with E-state index in [9.17, 15) is 4.79 Å². The van der Waals surface area contributed by atoms with Crippen molar-refractivity contribution in [3.8, 4) is 0 Å². The van der Waals surface area contributed by atoms with Gasteiger partial charge in [-0.2, -0.15) is 0 Å². The number of amides is 1. The topological polar surface area (TPSA) is 52.6 Å². The minimum Gasteiger partial charge on any atom is -0.395 e. The van der Waals surface area contributed by atoms with Crippen LogP contribution in [-0.4, -0.2) is 42.2 Å². The molecule has 1 aromatic carbocycles. The summed E-state index contributed by atoms with van der Waals surface area (Å²) in [4.78, 5) is 13.8. The highest BCUT2D eigenvalue weighted by atomic mass is 35.5. The maximum absolute atomic E-state index is 11.7. The number of aliphatic hydroxyl groups is 1. The summed E-state index contributed by atoms with van der Waals surface area (Å²) in [5, 5.41) is 12.2. The van der Waals surface area contributed by atoms with Crippen molar-refractivity contribution in [2.75, 3.05) is 31.6 Å². The van der Waals surface area contributed by atoms with E-state index in [1.165, 1.54) is 0 Å². The smallest absolute Gasteiger partial charge is 0.225 e. The first kappa shape index (κ1) is 15.0. The number of hydrogen-bond donors (Lipinski definition) is 2. The number of anilines is 1. The molecule has 0 radical (unpaired) electrons. The maximum Gasteiger partial charge on any atom is 0.225 e. The Hall–Kier alpha value is -1.10. The average molecular weight is 271 g/mol. The van der Waals surface area contributed by atoms with Gasteiger partial charge >= 0.3 is 0 Å². The van der Waals surface area contributed by atoms with Crippen molar-refractivity contribution in [2.24, 2.45) is 0 Å². The molecule has 1 aromatic rings. The SMILES string of the molecule is CCN(CCO)CCC(=O)Nc1ccccc1Cl. The van der Waals surface area contributed by atoms with E-state index in [1.54, 1.807) is 12.1 Å². The van der Waals surface area contributed by atoms with Crippen molar-refractivity contribution >= 4 is 23.2 Å². The number of halogens is 1. The minimum absolute atomic E-state index is 0.0699. The van der Waals surface area contributed by atoms with Gasteiger partial charge in [-0.05, 0) is 18.7 Å². The Bertz CT molecular complexity index is 385. The molecular weight excluding hydrogens is 252 g/mol. The van der Waals surface area contributed by atoms with Gasteiger partial charge in [0.15, 0.2) is 0 Å². The summed E-state index contributed by atoms with van der Waals surface area (Å²) in [6.07, 6.45) is 0.388. The highest BCUT2D eigenvalue weighted by Crippen LogP contribution is 2.20. The first-order chi connectivity index (χ1) is 8.67. The zero-order valence-corrected chi connectivity index (χ0v) is 11.3. The van der Waals surface area contributed by atoms with Crippen LogP contribution in [-0.2, 0) is 4.79 Å². The van der Waals surface area contributed by atoms with Crippen molar-refractivity contribution in [3.63, 3.8) is 0 Å². The average Bonchev–Trinajstić information content (AvgIpc) is 2.37. The lowest BCUT2D eigenvalue weighted by Crippen LogP contribution is -2.30.